The summed E-state index contributed by atoms with van der Waals surface area (Å²) in [5.74, 6) is -1.52. The summed E-state index contributed by atoms with van der Waals surface area (Å²) in [5.41, 5.74) is 2.83. The second kappa shape index (κ2) is 1.50. The van der Waals surface area contributed by atoms with E-state index in [2.05, 4.69) is 0 Å². The van der Waals surface area contributed by atoms with Gasteiger partial charge in [-0.2, -0.15) is 0 Å². The van der Waals surface area contributed by atoms with Gasteiger partial charge in [-0.1, -0.05) is 0 Å². The summed E-state index contributed by atoms with van der Waals surface area (Å²) in [6.45, 7) is -1.69. The zero-order valence-corrected chi connectivity index (χ0v) is 3.93. The Morgan fingerprint density at radius 2 is 2.57 bits per heavy atom. The zero-order valence-electron chi connectivity index (χ0n) is 6.93. The van der Waals surface area contributed by atoms with Gasteiger partial charge in [0.15, 0.2) is 0 Å². The molecule has 7 heavy (non-hydrogen) atoms. The average Bonchev–Trinajstić information content (AvgIpc) is 1.62. The minimum atomic E-state index is -2.65. The first-order valence-corrected chi connectivity index (χ1v) is 1.72. The third-order valence-corrected chi connectivity index (χ3v) is 0.444. The first-order valence-electron chi connectivity index (χ1n) is 3.22. The lowest BCUT2D eigenvalue weighted by molar-refractivity contribution is -0.141. The van der Waals surface area contributed by atoms with E-state index in [1.54, 1.807) is 0 Å². The topological polar surface area (TPSA) is 63.3 Å². The van der Waals surface area contributed by atoms with Gasteiger partial charge in [-0.05, 0) is 13.8 Å². The third kappa shape index (κ3) is 2.17. The zero-order chi connectivity index (χ0) is 8.58. The fraction of sp³-hybridized carbons (Fsp3) is 0.750. The Kier molecular flexibility index (Phi) is 0.571. The van der Waals surface area contributed by atoms with Gasteiger partial charge in [-0.3, -0.25) is 4.79 Å². The molecule has 0 radical (unpaired) electrons. The van der Waals surface area contributed by atoms with Crippen molar-refractivity contribution in [2.75, 3.05) is 0 Å². The highest BCUT2D eigenvalue weighted by Crippen LogP contribution is 1.93. The molecule has 3 N–H and O–H groups in total. The van der Waals surface area contributed by atoms with E-state index in [9.17, 15) is 4.79 Å². The molecule has 0 aliphatic heterocycles. The van der Waals surface area contributed by atoms with Crippen molar-refractivity contribution in [2.24, 2.45) is 5.73 Å². The molecule has 1 atom stereocenters. The van der Waals surface area contributed by atoms with Gasteiger partial charge in [-0.25, -0.2) is 0 Å². The lowest BCUT2D eigenvalue weighted by Gasteiger charge is -2.09. The van der Waals surface area contributed by atoms with E-state index in [1.807, 2.05) is 0 Å². The van der Waals surface area contributed by atoms with E-state index < -0.39 is 18.4 Å². The molecule has 0 spiro atoms. The maximum atomic E-state index is 10.2. The van der Waals surface area contributed by atoms with E-state index in [-0.39, 0.29) is 0 Å². The van der Waals surface area contributed by atoms with E-state index in [4.69, 9.17) is 15.0 Å². The van der Waals surface area contributed by atoms with E-state index in [0.29, 0.717) is 0 Å². The highest BCUT2D eigenvalue weighted by atomic mass is 16.4. The largest absolute Gasteiger partial charge is 0.480 e. The minimum absolute atomic E-state index is 0.961. The van der Waals surface area contributed by atoms with Crippen LogP contribution in [0.25, 0.3) is 0 Å². The van der Waals surface area contributed by atoms with Crippen LogP contribution in [0.5, 0.6) is 0 Å². The summed E-state index contributed by atoms with van der Waals surface area (Å²) in [7, 11) is 0. The quantitative estimate of drug-likeness (QED) is 0.487. The molecular formula is C4H9NO2. The number of aliphatic carboxylic acids is 1. The van der Waals surface area contributed by atoms with Gasteiger partial charge in [0.25, 0.3) is 0 Å². The Morgan fingerprint density at radius 1 is 2.14 bits per heavy atom. The van der Waals surface area contributed by atoms with Gasteiger partial charge < -0.3 is 10.8 Å². The molecule has 0 aromatic rings. The SMILES string of the molecule is [2H]C([2H])([2H])[C@](C)(N)C(=O)O. The minimum Gasteiger partial charge on any atom is -0.480 e. The van der Waals surface area contributed by atoms with Crippen LogP contribution in [0.1, 0.15) is 17.9 Å². The van der Waals surface area contributed by atoms with Crippen LogP contribution in [-0.4, -0.2) is 16.6 Å². The number of nitrogens with two attached hydrogens (primary N) is 1. The fourth-order valence-electron chi connectivity index (χ4n) is 0. The number of rotatable bonds is 1. The van der Waals surface area contributed by atoms with Crippen molar-refractivity contribution in [1.29, 1.82) is 0 Å². The summed E-state index contributed by atoms with van der Waals surface area (Å²) in [5, 5.41) is 8.29. The van der Waals surface area contributed by atoms with E-state index in [1.165, 1.54) is 0 Å². The third-order valence-electron chi connectivity index (χ3n) is 0.444. The van der Waals surface area contributed by atoms with Crippen molar-refractivity contribution >= 4 is 5.97 Å². The standard InChI is InChI=1S/C4H9NO2/c1-4(2,5)3(6)7/h5H2,1-2H3,(H,6,7)/i1D3/t4-/m1/s1. The Hall–Kier alpha value is -0.570. The van der Waals surface area contributed by atoms with Crippen molar-refractivity contribution in [1.82, 2.24) is 0 Å². The molecule has 0 bridgehead atoms. The molecule has 0 aromatic heterocycles. The second-order valence-corrected chi connectivity index (χ2v) is 1.51. The van der Waals surface area contributed by atoms with Gasteiger partial charge >= 0.3 is 5.97 Å². The molecule has 0 aliphatic rings. The summed E-state index contributed by atoms with van der Waals surface area (Å²) in [4.78, 5) is 10.2. The number of carboxylic acids is 1. The molecule has 42 valence electrons. The van der Waals surface area contributed by atoms with Crippen molar-refractivity contribution in [3.63, 3.8) is 0 Å². The normalized spacial score (nSPS) is 26.3. The van der Waals surface area contributed by atoms with Gasteiger partial charge in [-0.15, -0.1) is 0 Å². The lowest BCUT2D eigenvalue weighted by atomic mass is 10.1. The fourth-order valence-corrected chi connectivity index (χ4v) is 0. The van der Waals surface area contributed by atoms with Crippen molar-refractivity contribution in [2.45, 2.75) is 19.3 Å². The van der Waals surface area contributed by atoms with Gasteiger partial charge in [0.1, 0.15) is 5.54 Å². The molecule has 0 fully saturated rings. The van der Waals surface area contributed by atoms with Crippen LogP contribution in [0.15, 0.2) is 0 Å². The maximum absolute atomic E-state index is 10.2. The number of carboxylic acid groups (broad SMARTS) is 1. The molecule has 3 heteroatoms. The monoisotopic (exact) mass is 106 g/mol. The first kappa shape index (κ1) is 2.67. The molecule has 0 amide bonds. The van der Waals surface area contributed by atoms with E-state index in [0.717, 1.165) is 6.92 Å². The first-order chi connectivity index (χ1) is 4.19. The average molecular weight is 106 g/mol. The lowest BCUT2D eigenvalue weighted by Crippen LogP contribution is -2.41. The van der Waals surface area contributed by atoms with Crippen LogP contribution in [0.3, 0.4) is 0 Å². The predicted octanol–water partition coefficient (Wildman–Crippen LogP) is -0.192. The highest BCUT2D eigenvalue weighted by molar-refractivity contribution is 5.77. The van der Waals surface area contributed by atoms with Gasteiger partial charge in [0.2, 0.25) is 0 Å². The molecular weight excluding hydrogens is 94.0 g/mol. The van der Waals surface area contributed by atoms with Crippen LogP contribution in [0.2, 0.25) is 0 Å². The molecule has 3 nitrogen and oxygen atoms in total. The Morgan fingerprint density at radius 3 is 2.57 bits per heavy atom. The van der Waals surface area contributed by atoms with Crippen LogP contribution in [-0.2, 0) is 4.79 Å². The summed E-state index contributed by atoms with van der Waals surface area (Å²) >= 11 is 0. The number of carbonyl (C=O) groups is 1. The highest BCUT2D eigenvalue weighted by Gasteiger charge is 2.19. The van der Waals surface area contributed by atoms with Crippen molar-refractivity contribution in [3.05, 3.63) is 0 Å². The van der Waals surface area contributed by atoms with Crippen LogP contribution in [0.4, 0.5) is 0 Å². The second-order valence-electron chi connectivity index (χ2n) is 1.51. The van der Waals surface area contributed by atoms with Crippen LogP contribution < -0.4 is 5.73 Å². The van der Waals surface area contributed by atoms with Crippen LogP contribution in [0, 0.1) is 0 Å². The molecule has 0 heterocycles. The Bertz CT molecular complexity index is 151. The molecule has 0 aliphatic carbocycles. The van der Waals surface area contributed by atoms with Crippen molar-refractivity contribution in [3.8, 4) is 0 Å². The summed E-state index contributed by atoms with van der Waals surface area (Å²) < 4.78 is 20.1. The Balaban J connectivity index is 4.57. The van der Waals surface area contributed by atoms with Crippen LogP contribution >= 0.6 is 0 Å². The smallest absolute Gasteiger partial charge is 0.323 e. The van der Waals surface area contributed by atoms with E-state index >= 15 is 0 Å². The summed E-state index contributed by atoms with van der Waals surface area (Å²) in [6, 6.07) is 0. The maximum Gasteiger partial charge on any atom is 0.323 e. The van der Waals surface area contributed by atoms with Gasteiger partial charge in [0.05, 0.1) is 0 Å². The van der Waals surface area contributed by atoms with Crippen molar-refractivity contribution < 1.29 is 14.0 Å². The predicted molar refractivity (Wildman–Crippen MR) is 25.9 cm³/mol. The molecule has 0 saturated carbocycles. The molecule has 0 aromatic carbocycles. The molecule has 0 saturated heterocycles. The number of hydrogen-bond donors (Lipinski definition) is 2. The summed E-state index contributed by atoms with van der Waals surface area (Å²) in [6.07, 6.45) is 0. The van der Waals surface area contributed by atoms with Gasteiger partial charge in [0, 0.05) is 4.11 Å². The molecule has 0 unspecified atom stereocenters. The Labute approximate surface area is 46.3 Å². The number of hydrogen-bond acceptors (Lipinski definition) is 2. The molecule has 0 rings (SSSR count).